The van der Waals surface area contributed by atoms with Crippen LogP contribution in [0.3, 0.4) is 0 Å². The summed E-state index contributed by atoms with van der Waals surface area (Å²) in [4.78, 5) is 24.3. The maximum absolute atomic E-state index is 13.0. The Labute approximate surface area is 182 Å². The van der Waals surface area contributed by atoms with Crippen LogP contribution in [0, 0.1) is 24.7 Å². The second-order valence-corrected chi connectivity index (χ2v) is 9.79. The van der Waals surface area contributed by atoms with Gasteiger partial charge in [-0.15, -0.1) is 0 Å². The van der Waals surface area contributed by atoms with Gasteiger partial charge in [-0.25, -0.2) is 9.59 Å². The van der Waals surface area contributed by atoms with E-state index in [0.29, 0.717) is 11.1 Å². The number of esters is 1. The van der Waals surface area contributed by atoms with Crippen LogP contribution >= 0.6 is 0 Å². The second kappa shape index (κ2) is 7.40. The predicted molar refractivity (Wildman–Crippen MR) is 116 cm³/mol. The molecule has 2 aromatic rings. The van der Waals surface area contributed by atoms with Gasteiger partial charge in [-0.05, 0) is 105 Å². The van der Waals surface area contributed by atoms with Crippen LogP contribution in [0.1, 0.15) is 70.4 Å². The van der Waals surface area contributed by atoms with Crippen molar-refractivity contribution in [3.8, 4) is 11.5 Å². The van der Waals surface area contributed by atoms with Crippen molar-refractivity contribution in [1.82, 2.24) is 0 Å². The van der Waals surface area contributed by atoms with Crippen LogP contribution in [-0.2, 0) is 5.41 Å². The van der Waals surface area contributed by atoms with Crippen molar-refractivity contribution in [2.45, 2.75) is 50.9 Å². The Balaban J connectivity index is 1.47. The first-order valence-electron chi connectivity index (χ1n) is 11.1. The zero-order chi connectivity index (χ0) is 21.8. The molecular formula is C26H28O5. The Morgan fingerprint density at radius 3 is 2.10 bits per heavy atom. The number of carboxylic acids is 1. The lowest BCUT2D eigenvalue weighted by molar-refractivity contribution is -0.00618. The van der Waals surface area contributed by atoms with Gasteiger partial charge in [0.1, 0.15) is 11.5 Å². The molecule has 0 spiro atoms. The van der Waals surface area contributed by atoms with Crippen molar-refractivity contribution < 1.29 is 24.2 Å². The van der Waals surface area contributed by atoms with Crippen LogP contribution in [0.4, 0.5) is 0 Å². The molecule has 6 rings (SSSR count). The molecule has 0 heterocycles. The summed E-state index contributed by atoms with van der Waals surface area (Å²) in [5, 5.41) is 9.24. The number of carbonyl (C=O) groups excluding carboxylic acids is 1. The van der Waals surface area contributed by atoms with E-state index < -0.39 is 11.9 Å². The molecule has 4 aliphatic carbocycles. The summed E-state index contributed by atoms with van der Waals surface area (Å²) in [6.07, 6.45) is 7.57. The quantitative estimate of drug-likeness (QED) is 0.519. The smallest absolute Gasteiger partial charge is 0.343 e. The zero-order valence-electron chi connectivity index (χ0n) is 18.0. The number of aryl methyl sites for hydroxylation is 1. The fourth-order valence-corrected chi connectivity index (χ4v) is 6.69. The molecule has 0 amide bonds. The highest BCUT2D eigenvalue weighted by Crippen LogP contribution is 2.61. The molecule has 4 aliphatic rings. The van der Waals surface area contributed by atoms with Crippen molar-refractivity contribution in [2.75, 3.05) is 7.11 Å². The van der Waals surface area contributed by atoms with E-state index in [1.54, 1.807) is 26.2 Å². The van der Waals surface area contributed by atoms with Gasteiger partial charge in [0.25, 0.3) is 0 Å². The molecule has 0 aliphatic heterocycles. The summed E-state index contributed by atoms with van der Waals surface area (Å²) < 4.78 is 11.4. The van der Waals surface area contributed by atoms with E-state index in [9.17, 15) is 14.7 Å². The molecule has 4 fully saturated rings. The van der Waals surface area contributed by atoms with Crippen molar-refractivity contribution in [3.05, 3.63) is 58.7 Å². The summed E-state index contributed by atoms with van der Waals surface area (Å²) in [7, 11) is 1.69. The van der Waals surface area contributed by atoms with Crippen LogP contribution in [0.25, 0.3) is 0 Å². The van der Waals surface area contributed by atoms with Gasteiger partial charge < -0.3 is 14.6 Å². The minimum absolute atomic E-state index is 0.0928. The summed E-state index contributed by atoms with van der Waals surface area (Å²) in [6, 6.07) is 10.1. The summed E-state index contributed by atoms with van der Waals surface area (Å²) in [5.41, 5.74) is 2.52. The van der Waals surface area contributed by atoms with Gasteiger partial charge in [0.2, 0.25) is 0 Å². The average molecular weight is 421 g/mol. The van der Waals surface area contributed by atoms with E-state index >= 15 is 0 Å². The maximum Gasteiger partial charge on any atom is 0.343 e. The Kier molecular flexibility index (Phi) is 4.80. The lowest BCUT2D eigenvalue weighted by Crippen LogP contribution is -2.48. The van der Waals surface area contributed by atoms with Crippen molar-refractivity contribution in [3.63, 3.8) is 0 Å². The Morgan fingerprint density at radius 1 is 0.903 bits per heavy atom. The average Bonchev–Trinajstić information content (AvgIpc) is 2.73. The standard InChI is InChI=1S/C26H28O5/c1-15-3-4-19(24(27)28)11-23(15)31-25(29)20-5-6-22(30-2)21(10-20)26-12-16-7-17(13-26)9-18(8-16)14-26/h3-6,10-11,16-18H,7-9,12-14H2,1-2H3,(H,27,28). The summed E-state index contributed by atoms with van der Waals surface area (Å²) in [5.74, 6) is 1.96. The molecule has 4 saturated carbocycles. The number of carbonyl (C=O) groups is 2. The third kappa shape index (κ3) is 3.50. The monoisotopic (exact) mass is 420 g/mol. The number of benzene rings is 2. The molecule has 0 radical (unpaired) electrons. The molecule has 0 atom stereocenters. The fourth-order valence-electron chi connectivity index (χ4n) is 6.69. The normalized spacial score (nSPS) is 28.4. The molecule has 31 heavy (non-hydrogen) atoms. The molecule has 0 saturated heterocycles. The van der Waals surface area contributed by atoms with E-state index in [4.69, 9.17) is 9.47 Å². The topological polar surface area (TPSA) is 72.8 Å². The van der Waals surface area contributed by atoms with Gasteiger partial charge in [0.15, 0.2) is 0 Å². The van der Waals surface area contributed by atoms with Crippen molar-refractivity contribution >= 4 is 11.9 Å². The Bertz CT molecular complexity index is 1020. The van der Waals surface area contributed by atoms with E-state index in [0.717, 1.165) is 29.1 Å². The first kappa shape index (κ1) is 20.1. The van der Waals surface area contributed by atoms with Crippen LogP contribution < -0.4 is 9.47 Å². The van der Waals surface area contributed by atoms with Crippen LogP contribution in [-0.4, -0.2) is 24.2 Å². The van der Waals surface area contributed by atoms with Crippen molar-refractivity contribution in [1.29, 1.82) is 0 Å². The number of hydrogen-bond acceptors (Lipinski definition) is 4. The van der Waals surface area contributed by atoms with Gasteiger partial charge >= 0.3 is 11.9 Å². The molecule has 162 valence electrons. The molecular weight excluding hydrogens is 392 g/mol. The molecule has 4 bridgehead atoms. The number of rotatable bonds is 5. The van der Waals surface area contributed by atoms with Crippen LogP contribution in [0.5, 0.6) is 11.5 Å². The number of hydrogen-bond donors (Lipinski definition) is 1. The van der Waals surface area contributed by atoms with E-state index in [1.165, 1.54) is 50.7 Å². The van der Waals surface area contributed by atoms with Crippen LogP contribution in [0.15, 0.2) is 36.4 Å². The molecule has 1 N–H and O–H groups in total. The zero-order valence-corrected chi connectivity index (χ0v) is 18.0. The minimum atomic E-state index is -1.05. The summed E-state index contributed by atoms with van der Waals surface area (Å²) >= 11 is 0. The van der Waals surface area contributed by atoms with Gasteiger partial charge in [-0.3, -0.25) is 0 Å². The molecule has 0 aromatic heterocycles. The minimum Gasteiger partial charge on any atom is -0.496 e. The highest BCUT2D eigenvalue weighted by molar-refractivity contribution is 5.93. The third-order valence-corrected chi connectivity index (χ3v) is 7.68. The molecule has 0 unspecified atom stereocenters. The maximum atomic E-state index is 13.0. The molecule has 5 heteroatoms. The summed E-state index contributed by atoms with van der Waals surface area (Å²) in [6.45, 7) is 1.79. The van der Waals surface area contributed by atoms with E-state index in [2.05, 4.69) is 0 Å². The highest BCUT2D eigenvalue weighted by Gasteiger charge is 2.52. The largest absolute Gasteiger partial charge is 0.496 e. The van der Waals surface area contributed by atoms with E-state index in [1.807, 2.05) is 12.1 Å². The third-order valence-electron chi connectivity index (χ3n) is 7.68. The van der Waals surface area contributed by atoms with Gasteiger partial charge in [-0.2, -0.15) is 0 Å². The highest BCUT2D eigenvalue weighted by atomic mass is 16.5. The fraction of sp³-hybridized carbons (Fsp3) is 0.462. The van der Waals surface area contributed by atoms with Gasteiger partial charge in [0.05, 0.1) is 18.2 Å². The second-order valence-electron chi connectivity index (χ2n) is 9.79. The van der Waals surface area contributed by atoms with Gasteiger partial charge in [-0.1, -0.05) is 6.07 Å². The molecule has 5 nitrogen and oxygen atoms in total. The number of ether oxygens (including phenoxy) is 2. The number of carboxylic acid groups (broad SMARTS) is 1. The first-order chi connectivity index (χ1) is 14.9. The lowest BCUT2D eigenvalue weighted by atomic mass is 9.48. The SMILES string of the molecule is COc1ccc(C(=O)Oc2cc(C(=O)O)ccc2C)cc1C12CC3CC(CC(C3)C1)C2. The Morgan fingerprint density at radius 2 is 1.52 bits per heavy atom. The van der Waals surface area contributed by atoms with Crippen LogP contribution in [0.2, 0.25) is 0 Å². The number of methoxy groups -OCH3 is 1. The lowest BCUT2D eigenvalue weighted by Gasteiger charge is -2.57. The molecule has 2 aromatic carbocycles. The predicted octanol–water partition coefficient (Wildman–Crippen LogP) is 5.39. The first-order valence-corrected chi connectivity index (χ1v) is 11.1. The Hall–Kier alpha value is -2.82. The number of aromatic carboxylic acids is 1. The van der Waals surface area contributed by atoms with E-state index in [-0.39, 0.29) is 16.7 Å². The van der Waals surface area contributed by atoms with Gasteiger partial charge in [0, 0.05) is 5.56 Å². The van der Waals surface area contributed by atoms with Crippen molar-refractivity contribution in [2.24, 2.45) is 17.8 Å².